The quantitative estimate of drug-likeness (QED) is 0.825. The number of likely N-dealkylation sites (tertiary alicyclic amines) is 2. The molecular weight excluding hydrogens is 314 g/mol. The molecule has 138 valence electrons. The first-order valence-corrected chi connectivity index (χ1v) is 9.62. The Bertz CT molecular complexity index is 584. The maximum absolute atomic E-state index is 12.5. The zero-order valence-corrected chi connectivity index (χ0v) is 15.6. The van der Waals surface area contributed by atoms with Gasteiger partial charge in [-0.25, -0.2) is 0 Å². The normalized spacial score (nSPS) is 21.6. The van der Waals surface area contributed by atoms with Crippen LogP contribution in [0.15, 0.2) is 18.2 Å². The molecule has 1 N–H and O–H groups in total. The van der Waals surface area contributed by atoms with Crippen molar-refractivity contribution in [2.24, 2.45) is 0 Å². The van der Waals surface area contributed by atoms with Crippen molar-refractivity contribution in [3.05, 3.63) is 23.8 Å². The predicted molar refractivity (Wildman–Crippen MR) is 101 cm³/mol. The molecular formula is C20H31N3O2. The van der Waals surface area contributed by atoms with Crippen LogP contribution in [0.4, 0.5) is 5.69 Å². The third-order valence-corrected chi connectivity index (χ3v) is 5.47. The Kier molecular flexibility index (Phi) is 6.32. The van der Waals surface area contributed by atoms with Gasteiger partial charge in [0, 0.05) is 24.3 Å². The lowest BCUT2D eigenvalue weighted by Crippen LogP contribution is -2.42. The summed E-state index contributed by atoms with van der Waals surface area (Å²) in [5.74, 6) is 0.910. The van der Waals surface area contributed by atoms with E-state index < -0.39 is 0 Å². The molecule has 2 aliphatic rings. The number of nitrogens with one attached hydrogen (secondary N) is 1. The van der Waals surface area contributed by atoms with Gasteiger partial charge < -0.3 is 15.0 Å². The van der Waals surface area contributed by atoms with Gasteiger partial charge >= 0.3 is 0 Å². The van der Waals surface area contributed by atoms with Crippen molar-refractivity contribution in [3.8, 4) is 5.75 Å². The van der Waals surface area contributed by atoms with Crippen LogP contribution in [0, 0.1) is 0 Å². The summed E-state index contributed by atoms with van der Waals surface area (Å²) in [6.45, 7) is 7.18. The number of nitrogens with zero attached hydrogens (tertiary/aromatic N) is 2. The number of carbonyl (C=O) groups excluding carboxylic acids is 1. The van der Waals surface area contributed by atoms with Crippen LogP contribution in [0.1, 0.15) is 38.2 Å². The van der Waals surface area contributed by atoms with E-state index in [0.717, 1.165) is 36.5 Å². The predicted octanol–water partition coefficient (Wildman–Crippen LogP) is 2.76. The maximum Gasteiger partial charge on any atom is 0.238 e. The Morgan fingerprint density at radius 1 is 1.24 bits per heavy atom. The SMILES string of the molecule is CCc1ccc(NC(=O)CN2CCC[C@H]2CN2CCCC2)cc1OC. The number of rotatable bonds is 7. The van der Waals surface area contributed by atoms with Crippen molar-refractivity contribution in [1.82, 2.24) is 9.80 Å². The van der Waals surface area contributed by atoms with E-state index in [0.29, 0.717) is 12.6 Å². The van der Waals surface area contributed by atoms with Crippen molar-refractivity contribution in [1.29, 1.82) is 0 Å². The number of ether oxygens (including phenoxy) is 1. The first-order chi connectivity index (χ1) is 12.2. The second kappa shape index (κ2) is 8.68. The Morgan fingerprint density at radius 2 is 2.04 bits per heavy atom. The van der Waals surface area contributed by atoms with Gasteiger partial charge in [0.05, 0.1) is 13.7 Å². The molecule has 1 aromatic carbocycles. The van der Waals surface area contributed by atoms with Gasteiger partial charge in [0.2, 0.25) is 5.91 Å². The first kappa shape index (κ1) is 18.2. The van der Waals surface area contributed by atoms with Crippen LogP contribution in [0.3, 0.4) is 0 Å². The van der Waals surface area contributed by atoms with Gasteiger partial charge in [-0.2, -0.15) is 0 Å². The van der Waals surface area contributed by atoms with Crippen LogP contribution in [-0.2, 0) is 11.2 Å². The summed E-state index contributed by atoms with van der Waals surface area (Å²) in [6.07, 6.45) is 5.97. The Morgan fingerprint density at radius 3 is 2.76 bits per heavy atom. The minimum absolute atomic E-state index is 0.0691. The molecule has 0 bridgehead atoms. The average molecular weight is 345 g/mol. The van der Waals surface area contributed by atoms with Crippen molar-refractivity contribution in [2.75, 3.05) is 45.2 Å². The van der Waals surface area contributed by atoms with Gasteiger partial charge in [0.15, 0.2) is 0 Å². The summed E-state index contributed by atoms with van der Waals surface area (Å²) in [5.41, 5.74) is 1.97. The zero-order chi connectivity index (χ0) is 17.6. The summed E-state index contributed by atoms with van der Waals surface area (Å²) in [5, 5.41) is 3.03. The molecule has 0 unspecified atom stereocenters. The second-order valence-corrected chi connectivity index (χ2v) is 7.20. The van der Waals surface area contributed by atoms with Gasteiger partial charge in [-0.3, -0.25) is 9.69 Å². The van der Waals surface area contributed by atoms with Crippen molar-refractivity contribution >= 4 is 11.6 Å². The Balaban J connectivity index is 1.54. The number of methoxy groups -OCH3 is 1. The number of amides is 1. The highest BCUT2D eigenvalue weighted by molar-refractivity contribution is 5.92. The highest BCUT2D eigenvalue weighted by atomic mass is 16.5. The first-order valence-electron chi connectivity index (χ1n) is 9.62. The lowest BCUT2D eigenvalue weighted by Gasteiger charge is -2.28. The fourth-order valence-electron chi connectivity index (χ4n) is 4.07. The number of anilines is 1. The molecule has 2 saturated heterocycles. The third-order valence-electron chi connectivity index (χ3n) is 5.47. The van der Waals surface area contributed by atoms with Crippen molar-refractivity contribution in [3.63, 3.8) is 0 Å². The molecule has 2 aliphatic heterocycles. The molecule has 0 aromatic heterocycles. The van der Waals surface area contributed by atoms with Gasteiger partial charge in [-0.15, -0.1) is 0 Å². The highest BCUT2D eigenvalue weighted by Gasteiger charge is 2.28. The van der Waals surface area contributed by atoms with Gasteiger partial charge in [-0.1, -0.05) is 13.0 Å². The van der Waals surface area contributed by atoms with E-state index in [1.807, 2.05) is 18.2 Å². The minimum atomic E-state index is 0.0691. The molecule has 2 heterocycles. The van der Waals surface area contributed by atoms with Crippen LogP contribution in [0.2, 0.25) is 0 Å². The molecule has 3 rings (SSSR count). The molecule has 0 radical (unpaired) electrons. The van der Waals surface area contributed by atoms with E-state index in [-0.39, 0.29) is 5.91 Å². The molecule has 25 heavy (non-hydrogen) atoms. The van der Waals surface area contributed by atoms with Crippen LogP contribution in [-0.4, -0.2) is 61.6 Å². The van der Waals surface area contributed by atoms with Gasteiger partial charge in [0.1, 0.15) is 5.75 Å². The van der Waals surface area contributed by atoms with E-state index in [2.05, 4.69) is 22.0 Å². The third kappa shape index (κ3) is 4.73. The number of aryl methyl sites for hydroxylation is 1. The fraction of sp³-hybridized carbons (Fsp3) is 0.650. The lowest BCUT2D eigenvalue weighted by atomic mass is 10.1. The smallest absolute Gasteiger partial charge is 0.238 e. The van der Waals surface area contributed by atoms with Crippen molar-refractivity contribution in [2.45, 2.75) is 45.1 Å². The van der Waals surface area contributed by atoms with E-state index in [1.54, 1.807) is 7.11 Å². The molecule has 0 saturated carbocycles. The standard InChI is InChI=1S/C20H31N3O2/c1-3-16-8-9-17(13-19(16)25-2)21-20(24)15-23-12-6-7-18(23)14-22-10-4-5-11-22/h8-9,13,18H,3-7,10-12,14-15H2,1-2H3,(H,21,24)/t18-/m0/s1. The lowest BCUT2D eigenvalue weighted by molar-refractivity contribution is -0.117. The molecule has 0 spiro atoms. The van der Waals surface area contributed by atoms with E-state index in [9.17, 15) is 4.79 Å². The molecule has 5 nitrogen and oxygen atoms in total. The Hall–Kier alpha value is -1.59. The molecule has 1 aromatic rings. The second-order valence-electron chi connectivity index (χ2n) is 7.20. The largest absolute Gasteiger partial charge is 0.496 e. The summed E-state index contributed by atoms with van der Waals surface area (Å²) >= 11 is 0. The maximum atomic E-state index is 12.5. The van der Waals surface area contributed by atoms with Crippen LogP contribution < -0.4 is 10.1 Å². The number of benzene rings is 1. The van der Waals surface area contributed by atoms with Crippen LogP contribution >= 0.6 is 0 Å². The van der Waals surface area contributed by atoms with E-state index >= 15 is 0 Å². The highest BCUT2D eigenvalue weighted by Crippen LogP contribution is 2.24. The fourth-order valence-corrected chi connectivity index (χ4v) is 4.07. The number of hydrogen-bond acceptors (Lipinski definition) is 4. The van der Waals surface area contributed by atoms with E-state index in [1.165, 1.54) is 38.8 Å². The Labute approximate surface area is 151 Å². The number of hydrogen-bond donors (Lipinski definition) is 1. The minimum Gasteiger partial charge on any atom is -0.496 e. The molecule has 5 heteroatoms. The monoisotopic (exact) mass is 345 g/mol. The summed E-state index contributed by atoms with van der Waals surface area (Å²) in [7, 11) is 1.67. The van der Waals surface area contributed by atoms with Crippen LogP contribution in [0.25, 0.3) is 0 Å². The summed E-state index contributed by atoms with van der Waals surface area (Å²) in [4.78, 5) is 17.4. The van der Waals surface area contributed by atoms with Gasteiger partial charge in [-0.05, 0) is 63.4 Å². The van der Waals surface area contributed by atoms with Crippen LogP contribution in [0.5, 0.6) is 5.75 Å². The summed E-state index contributed by atoms with van der Waals surface area (Å²) < 4.78 is 5.42. The molecule has 1 amide bonds. The topological polar surface area (TPSA) is 44.8 Å². The molecule has 0 aliphatic carbocycles. The summed E-state index contributed by atoms with van der Waals surface area (Å²) in [6, 6.07) is 6.44. The molecule has 2 fully saturated rings. The van der Waals surface area contributed by atoms with Crippen molar-refractivity contribution < 1.29 is 9.53 Å². The van der Waals surface area contributed by atoms with E-state index in [4.69, 9.17) is 4.74 Å². The average Bonchev–Trinajstić information content (AvgIpc) is 3.27. The number of carbonyl (C=O) groups is 1. The van der Waals surface area contributed by atoms with Gasteiger partial charge in [0.25, 0.3) is 0 Å². The zero-order valence-electron chi connectivity index (χ0n) is 15.6. The molecule has 1 atom stereocenters.